The molecule has 0 N–H and O–H groups in total. The molecule has 50 heteroatoms. The average Bonchev–Trinajstić information content (AvgIpc) is 0.763. The zero-order chi connectivity index (χ0) is 107. The maximum Gasteiger partial charge on any atom is 0.405 e. The van der Waals surface area contributed by atoms with Gasteiger partial charge in [0, 0.05) is 283 Å². The maximum atomic E-state index is 14.4. The maximum absolute atomic E-state index is 14.4. The normalized spacial score (nSPS) is 13.3. The van der Waals surface area contributed by atoms with Crippen LogP contribution in [0, 0.1) is 194 Å². The zero-order valence-corrected chi connectivity index (χ0v) is 100. The van der Waals surface area contributed by atoms with E-state index in [4.69, 9.17) is 11.6 Å². The van der Waals surface area contributed by atoms with E-state index in [0.717, 1.165) is 29.2 Å². The quantitative estimate of drug-likeness (QED) is 0.00740. The summed E-state index contributed by atoms with van der Waals surface area (Å²) in [5.74, 6) is -5.19. The van der Waals surface area contributed by atoms with Crippen molar-refractivity contribution < 1.29 is 282 Å². The van der Waals surface area contributed by atoms with E-state index >= 15 is 0 Å². The van der Waals surface area contributed by atoms with Gasteiger partial charge < -0.3 is 24.0 Å². The summed E-state index contributed by atoms with van der Waals surface area (Å²) < 4.78 is 229. The second-order valence-corrected chi connectivity index (χ2v) is 36.6. The third-order valence-corrected chi connectivity index (χ3v) is 25.6. The van der Waals surface area contributed by atoms with Crippen LogP contribution in [0.3, 0.4) is 0 Å². The van der Waals surface area contributed by atoms with Crippen molar-refractivity contribution in [1.82, 2.24) is 24.9 Å². The molecule has 5 heterocycles. The fourth-order valence-electron chi connectivity index (χ4n) is 15.9. The Morgan fingerprint density at radius 2 is 0.548 bits per heavy atom. The van der Waals surface area contributed by atoms with Gasteiger partial charge in [0.1, 0.15) is 28.9 Å². The monoisotopic (exact) mass is 2640 g/mol. The van der Waals surface area contributed by atoms with E-state index in [2.05, 4.69) is 71.2 Å². The Morgan fingerprint density at radius 1 is 0.336 bits per heavy atom. The Bertz CT molecular complexity index is 5780. The fraction of sp³-hybridized carbons (Fsp3) is 0.375. The van der Waals surface area contributed by atoms with Gasteiger partial charge in [-0.1, -0.05) is 75.8 Å². The second kappa shape index (κ2) is 56.9. The van der Waals surface area contributed by atoms with Crippen LogP contribution in [-0.4, -0.2) is 148 Å². The van der Waals surface area contributed by atoms with Crippen molar-refractivity contribution in [2.24, 2.45) is 0 Å². The van der Waals surface area contributed by atoms with E-state index in [1.807, 2.05) is 22.6 Å². The van der Waals surface area contributed by atoms with Crippen molar-refractivity contribution in [3.8, 4) is 0 Å². The third kappa shape index (κ3) is 35.0. The van der Waals surface area contributed by atoms with Crippen LogP contribution in [0.15, 0.2) is 131 Å². The molecule has 0 amide bonds. The molecule has 0 saturated heterocycles. The molecule has 5 aromatic heterocycles. The molecule has 5 aromatic carbocycles. The molecule has 10 rings (SSSR count). The minimum atomic E-state index is -5.09. The standard InChI is InChI=1S/C20H20F3N2O3S.C19H17BrF3N2O3.C19H17ClF3N2O3.C19H17F4N2O3.C19H17F3IN2O3.5Y/c1-12-9-17(13(2)14(3)24-12)19(11-25(27)28,20(21,22)23)10-18(26)15-5-7-16(29-4)8-6-15;3*1-11-8-16(12(2)13(3)24-11)18(10-25(27)28,19(21,22)23)9-17(26)14-4-6-15(20)7-5-14;1-11-8-16(12(2)13(3)24-11)18(10-25(27)28,19(20,21)22)9-17(26)14-4-6-15(23)7-5-14;;;;;/h5-7,9H,10-11H2,1-4H3;4*4-6,8H,9-10H2,1-3H3;;;;;/q5*-1;;;;;. The van der Waals surface area contributed by atoms with Crippen LogP contribution in [0.1, 0.15) is 196 Å². The van der Waals surface area contributed by atoms with Crippen LogP contribution in [-0.2, 0) is 191 Å². The Morgan fingerprint density at radius 3 is 0.726 bits per heavy atom. The van der Waals surface area contributed by atoms with Crippen LogP contribution < -0.4 is 0 Å². The number of alkyl halides is 15. The number of aryl methyl sites for hydroxylation is 10. The number of nitro groups is 5. The van der Waals surface area contributed by atoms with Crippen molar-refractivity contribution >= 4 is 90.8 Å². The molecule has 25 nitrogen and oxygen atoms in total. The van der Waals surface area contributed by atoms with E-state index in [1.54, 1.807) is 18.4 Å². The number of aromatic nitrogens is 5. The third-order valence-electron chi connectivity index (χ3n) is 23.5. The Labute approximate surface area is 985 Å². The average molecular weight is 2640 g/mol. The van der Waals surface area contributed by atoms with Crippen LogP contribution >= 0.6 is 61.9 Å². The molecule has 5 atom stereocenters. The summed E-state index contributed by atoms with van der Waals surface area (Å²) in [6.45, 7) is 14.9. The van der Waals surface area contributed by atoms with E-state index in [-0.39, 0.29) is 269 Å². The van der Waals surface area contributed by atoms with Gasteiger partial charge in [0.25, 0.3) is 0 Å². The molecule has 5 radical (unpaired) electrons. The van der Waals surface area contributed by atoms with Gasteiger partial charge in [-0.3, -0.25) is 75.5 Å². The van der Waals surface area contributed by atoms with Gasteiger partial charge in [0.15, 0.2) is 27.1 Å². The van der Waals surface area contributed by atoms with E-state index in [1.165, 1.54) is 201 Å². The minimum Gasteiger partial charge on any atom is -0.309 e. The van der Waals surface area contributed by atoms with Gasteiger partial charge in [-0.15, -0.1) is 32.2 Å². The number of carbonyl (C=O) groups is 5. The van der Waals surface area contributed by atoms with E-state index in [9.17, 15) is 145 Å². The summed E-state index contributed by atoms with van der Waals surface area (Å²) in [5, 5.41) is 56.4. The van der Waals surface area contributed by atoms with Gasteiger partial charge in [-0.2, -0.15) is 187 Å². The first-order chi connectivity index (χ1) is 64.9. The number of hydrogen-bond acceptors (Lipinski definition) is 21. The first-order valence-corrected chi connectivity index (χ1v) is 45.0. The van der Waals surface area contributed by atoms with Gasteiger partial charge in [0.05, 0.1) is 0 Å². The van der Waals surface area contributed by atoms with Crippen molar-refractivity contribution in [3.05, 3.63) is 362 Å². The molecular weight excluding hydrogens is 2560 g/mol. The molecule has 0 aliphatic heterocycles. The largest absolute Gasteiger partial charge is 0.405 e. The van der Waals surface area contributed by atoms with Gasteiger partial charge in [0.2, 0.25) is 32.7 Å². The minimum absolute atomic E-state index is 0. The second-order valence-electron chi connectivity index (χ2n) is 33.3. The van der Waals surface area contributed by atoms with E-state index < -0.39 is 182 Å². The summed E-state index contributed by atoms with van der Waals surface area (Å²) in [6, 6.07) is 38.0. The number of benzene rings is 5. The van der Waals surface area contributed by atoms with Gasteiger partial charge in [-0.05, 0) is 196 Å². The summed E-state index contributed by atoms with van der Waals surface area (Å²) in [5.41, 5.74) is -12.8. The summed E-state index contributed by atoms with van der Waals surface area (Å²) in [7, 11) is 0. The summed E-state index contributed by atoms with van der Waals surface area (Å²) in [6.07, 6.45) is -29.0. The molecule has 5 unspecified atom stereocenters. The molecule has 0 saturated carbocycles. The number of Topliss-reactive ketones (excluding diaryl/α,β-unsaturated/α-hetero) is 5. The molecule has 0 aliphatic carbocycles. The number of hydrogen-bond donors (Lipinski definition) is 0. The fourth-order valence-corrected chi connectivity index (χ4v) is 16.9. The molecule has 0 aliphatic rings. The molecule has 0 bridgehead atoms. The number of carbonyl (C=O) groups excluding carboxylic acids is 5. The summed E-state index contributed by atoms with van der Waals surface area (Å²) >= 11 is 12.2. The first-order valence-electron chi connectivity index (χ1n) is 41.5. The smallest absolute Gasteiger partial charge is 0.309 e. The molecule has 771 valence electrons. The van der Waals surface area contributed by atoms with E-state index in [0.29, 0.717) is 47.9 Å². The predicted octanol–water partition coefficient (Wildman–Crippen LogP) is 23.7. The van der Waals surface area contributed by atoms with Crippen molar-refractivity contribution in [1.29, 1.82) is 0 Å². The first kappa shape index (κ1) is 137. The molecule has 0 spiro atoms. The number of thioether (sulfide) groups is 1. The molecular formula is C96H88BrClF16IN10O15SY5-5. The zero-order valence-electron chi connectivity index (χ0n) is 80.7. The molecule has 0 fully saturated rings. The topological polar surface area (TPSA) is 365 Å². The number of pyridine rings is 5. The van der Waals surface area contributed by atoms with Crippen LogP contribution in [0.25, 0.3) is 0 Å². The van der Waals surface area contributed by atoms with Crippen molar-refractivity contribution in [2.75, 3.05) is 39.0 Å². The van der Waals surface area contributed by atoms with Crippen LogP contribution in [0.4, 0.5) is 70.2 Å². The van der Waals surface area contributed by atoms with Gasteiger partial charge >= 0.3 is 30.9 Å². The number of ketones is 5. The van der Waals surface area contributed by atoms with Crippen molar-refractivity contribution in [2.45, 2.75) is 199 Å². The predicted molar refractivity (Wildman–Crippen MR) is 499 cm³/mol. The van der Waals surface area contributed by atoms with Gasteiger partial charge in [-0.25, -0.2) is 4.39 Å². The Balaban J connectivity index is 0.000000905. The van der Waals surface area contributed by atoms with Crippen LogP contribution in [0.5, 0.6) is 0 Å². The SMILES string of the molecule is CSc1[c-]cc(C(=O)CC(C[N+](=O)[O-])(c2cc(C)nc(C)c2C)C(F)(F)F)cc1.Cc1cc(C(CC(=O)c2c[c-]c(Br)cc2)(C[N+](=O)[O-])C(F)(F)F)c(C)c(C)n1.Cc1cc(C(CC(=O)c2c[c-]c(Cl)cc2)(C[N+](=O)[O-])C(F)(F)F)c(C)c(C)n1.Cc1cc(C(CC(=O)c2c[c-]c(F)cc2)(C[N+](=O)[O-])C(F)(F)F)c(C)c(C)n1.Cc1cc(C(CC(=O)c2c[c-]c(I)cc2)(C[N+](=O)[O-])C(F)(F)F)c(C)c(C)n1.[Y].[Y].[Y].[Y].[Y]. The van der Waals surface area contributed by atoms with Crippen molar-refractivity contribution in [3.63, 3.8) is 0 Å². The number of nitrogens with zero attached hydrogens (tertiary/aromatic N) is 10. The number of halogens is 19. The summed E-state index contributed by atoms with van der Waals surface area (Å²) in [4.78, 5) is 136. The number of rotatable bonds is 31. The Hall–Kier alpha value is -6.55. The Kier molecular flexibility index (Phi) is 53.5. The molecule has 146 heavy (non-hydrogen) atoms. The van der Waals surface area contributed by atoms with Crippen LogP contribution in [0.2, 0.25) is 5.02 Å². The molecule has 10 aromatic rings.